The molecule has 1 amide bonds. The maximum Gasteiger partial charge on any atom is 0.251 e. The molecule has 162 valence electrons. The number of methoxy groups -OCH3 is 1. The zero-order chi connectivity index (χ0) is 21.7. The Balaban J connectivity index is 1.66. The van der Waals surface area contributed by atoms with Crippen LogP contribution in [-0.2, 0) is 14.8 Å². The molecule has 0 spiro atoms. The van der Waals surface area contributed by atoms with Gasteiger partial charge in [0, 0.05) is 18.7 Å². The van der Waals surface area contributed by atoms with Crippen molar-refractivity contribution in [2.24, 2.45) is 0 Å². The Morgan fingerprint density at radius 1 is 1.07 bits per heavy atom. The first-order chi connectivity index (χ1) is 14.3. The number of fused-ring (bicyclic) bond motifs is 1. The Bertz CT molecular complexity index is 991. The summed E-state index contributed by atoms with van der Waals surface area (Å²) in [6.07, 6.45) is 0. The van der Waals surface area contributed by atoms with Gasteiger partial charge in [0.25, 0.3) is 5.91 Å². The fourth-order valence-corrected chi connectivity index (χ4v) is 4.32. The molecule has 1 aliphatic rings. The minimum absolute atomic E-state index is 0.0851. The van der Waals surface area contributed by atoms with Gasteiger partial charge in [-0.2, -0.15) is 0 Å². The van der Waals surface area contributed by atoms with E-state index < -0.39 is 10.0 Å². The summed E-state index contributed by atoms with van der Waals surface area (Å²) in [5.74, 6) is 1.04. The van der Waals surface area contributed by atoms with Gasteiger partial charge in [-0.15, -0.1) is 0 Å². The number of rotatable bonds is 8. The third kappa shape index (κ3) is 5.29. The summed E-state index contributed by atoms with van der Waals surface area (Å²) in [4.78, 5) is 12.7. The Labute approximate surface area is 176 Å². The number of ether oxygens (including phenoxy) is 3. The molecule has 30 heavy (non-hydrogen) atoms. The van der Waals surface area contributed by atoms with E-state index in [1.165, 1.54) is 31.4 Å². The van der Waals surface area contributed by atoms with Crippen molar-refractivity contribution in [3.05, 3.63) is 53.6 Å². The highest BCUT2D eigenvalue weighted by atomic mass is 32.2. The van der Waals surface area contributed by atoms with Crippen LogP contribution in [0.2, 0.25) is 0 Å². The van der Waals surface area contributed by atoms with Crippen molar-refractivity contribution in [1.29, 1.82) is 0 Å². The van der Waals surface area contributed by atoms with E-state index in [0.717, 1.165) is 5.56 Å². The molecule has 9 heteroatoms. The van der Waals surface area contributed by atoms with Crippen molar-refractivity contribution in [3.63, 3.8) is 0 Å². The van der Waals surface area contributed by atoms with Gasteiger partial charge in [0.05, 0.1) is 17.5 Å². The minimum Gasteiger partial charge on any atom is -0.486 e. The largest absolute Gasteiger partial charge is 0.486 e. The number of nitrogens with one attached hydrogen (secondary N) is 2. The van der Waals surface area contributed by atoms with E-state index in [2.05, 4.69) is 10.0 Å². The van der Waals surface area contributed by atoms with Gasteiger partial charge in [-0.25, -0.2) is 13.1 Å². The van der Waals surface area contributed by atoms with Gasteiger partial charge in [-0.05, 0) is 55.8 Å². The highest BCUT2D eigenvalue weighted by molar-refractivity contribution is 7.89. The number of sulfonamides is 1. The van der Waals surface area contributed by atoms with Crippen LogP contribution in [0.25, 0.3) is 0 Å². The van der Waals surface area contributed by atoms with Gasteiger partial charge >= 0.3 is 0 Å². The SMILES string of the molecule is COC[C@H](C)NS(=O)(=O)c1ccc(C(=O)N[C@@H](C)c2ccc3c(c2)OCCO3)cc1. The number of hydrogen-bond acceptors (Lipinski definition) is 6. The molecule has 2 aromatic rings. The number of hydrogen-bond donors (Lipinski definition) is 2. The van der Waals surface area contributed by atoms with Gasteiger partial charge in [0.15, 0.2) is 11.5 Å². The average Bonchev–Trinajstić information content (AvgIpc) is 2.73. The number of benzene rings is 2. The van der Waals surface area contributed by atoms with E-state index in [1.54, 1.807) is 6.92 Å². The van der Waals surface area contributed by atoms with Crippen molar-refractivity contribution >= 4 is 15.9 Å². The molecule has 2 atom stereocenters. The Hall–Kier alpha value is -2.62. The molecular weight excluding hydrogens is 408 g/mol. The standard InChI is InChI=1S/C21H26N2O6S/c1-14(13-27-3)23-30(25,26)18-7-4-16(5-8-18)21(24)22-15(2)17-6-9-19-20(12-17)29-11-10-28-19/h4-9,12,14-15,23H,10-11,13H2,1-3H3,(H,22,24)/t14-,15-/m0/s1. The maximum absolute atomic E-state index is 12.6. The van der Waals surface area contributed by atoms with Crippen LogP contribution in [0.1, 0.15) is 35.8 Å². The number of carbonyl (C=O) groups excluding carboxylic acids is 1. The van der Waals surface area contributed by atoms with Crippen molar-refractivity contribution < 1.29 is 27.4 Å². The van der Waals surface area contributed by atoms with Crippen molar-refractivity contribution in [2.75, 3.05) is 26.9 Å². The summed E-state index contributed by atoms with van der Waals surface area (Å²) in [5, 5.41) is 2.91. The molecule has 1 heterocycles. The van der Waals surface area contributed by atoms with Crippen molar-refractivity contribution in [2.45, 2.75) is 30.8 Å². The molecule has 0 unspecified atom stereocenters. The molecule has 0 aromatic heterocycles. The number of carbonyl (C=O) groups is 1. The molecule has 0 saturated carbocycles. The van der Waals surface area contributed by atoms with E-state index >= 15 is 0 Å². The lowest BCUT2D eigenvalue weighted by atomic mass is 10.1. The lowest BCUT2D eigenvalue weighted by Crippen LogP contribution is -2.35. The Morgan fingerprint density at radius 2 is 1.73 bits per heavy atom. The summed E-state index contributed by atoms with van der Waals surface area (Å²) in [6, 6.07) is 10.7. The third-order valence-electron chi connectivity index (χ3n) is 4.61. The highest BCUT2D eigenvalue weighted by Gasteiger charge is 2.19. The molecule has 0 aliphatic carbocycles. The molecule has 3 rings (SSSR count). The van der Waals surface area contributed by atoms with Crippen LogP contribution in [0.5, 0.6) is 11.5 Å². The topological polar surface area (TPSA) is 103 Å². The second-order valence-corrected chi connectivity index (χ2v) is 8.81. The molecular formula is C21H26N2O6S. The van der Waals surface area contributed by atoms with E-state index in [-0.39, 0.29) is 29.5 Å². The summed E-state index contributed by atoms with van der Waals surface area (Å²) in [5.41, 5.74) is 1.24. The van der Waals surface area contributed by atoms with Crippen LogP contribution >= 0.6 is 0 Å². The zero-order valence-corrected chi connectivity index (χ0v) is 18.0. The van der Waals surface area contributed by atoms with E-state index in [4.69, 9.17) is 14.2 Å². The quantitative estimate of drug-likeness (QED) is 0.661. The molecule has 2 aromatic carbocycles. The van der Waals surface area contributed by atoms with E-state index in [9.17, 15) is 13.2 Å². The summed E-state index contributed by atoms with van der Waals surface area (Å²) >= 11 is 0. The predicted octanol–water partition coefficient (Wildman–Crippen LogP) is 2.26. The molecule has 2 N–H and O–H groups in total. The maximum atomic E-state index is 12.6. The van der Waals surface area contributed by atoms with Gasteiger partial charge in [0.2, 0.25) is 10.0 Å². The fraction of sp³-hybridized carbons (Fsp3) is 0.381. The molecule has 8 nitrogen and oxygen atoms in total. The van der Waals surface area contributed by atoms with Crippen LogP contribution in [0.4, 0.5) is 0 Å². The average molecular weight is 435 g/mol. The molecule has 0 fully saturated rings. The number of amides is 1. The molecule has 1 aliphatic heterocycles. The van der Waals surface area contributed by atoms with Gasteiger partial charge < -0.3 is 19.5 Å². The second kappa shape index (κ2) is 9.46. The molecule has 0 bridgehead atoms. The van der Waals surface area contributed by atoms with Gasteiger partial charge in [0.1, 0.15) is 13.2 Å². The van der Waals surface area contributed by atoms with Gasteiger partial charge in [-0.3, -0.25) is 4.79 Å². The Kier molecular flexibility index (Phi) is 6.96. The summed E-state index contributed by atoms with van der Waals surface area (Å²) < 4.78 is 43.3. The minimum atomic E-state index is -3.69. The van der Waals surface area contributed by atoms with Gasteiger partial charge in [-0.1, -0.05) is 6.07 Å². The van der Waals surface area contributed by atoms with E-state index in [0.29, 0.717) is 30.3 Å². The van der Waals surface area contributed by atoms with Crippen LogP contribution in [0, 0.1) is 0 Å². The van der Waals surface area contributed by atoms with Crippen LogP contribution in [-0.4, -0.2) is 47.3 Å². The summed E-state index contributed by atoms with van der Waals surface area (Å²) in [7, 11) is -2.18. The lowest BCUT2D eigenvalue weighted by Gasteiger charge is -2.21. The molecule has 0 saturated heterocycles. The smallest absolute Gasteiger partial charge is 0.251 e. The van der Waals surface area contributed by atoms with Crippen LogP contribution in [0.15, 0.2) is 47.4 Å². The fourth-order valence-electron chi connectivity index (χ4n) is 3.09. The first-order valence-corrected chi connectivity index (χ1v) is 11.1. The third-order valence-corrected chi connectivity index (χ3v) is 6.22. The van der Waals surface area contributed by atoms with Crippen molar-refractivity contribution in [3.8, 4) is 11.5 Å². The van der Waals surface area contributed by atoms with Crippen LogP contribution in [0.3, 0.4) is 0 Å². The van der Waals surface area contributed by atoms with Crippen molar-refractivity contribution in [1.82, 2.24) is 10.0 Å². The monoisotopic (exact) mass is 434 g/mol. The normalized spacial score (nSPS) is 15.3. The zero-order valence-electron chi connectivity index (χ0n) is 17.2. The summed E-state index contributed by atoms with van der Waals surface area (Å²) in [6.45, 7) is 4.85. The highest BCUT2D eigenvalue weighted by Crippen LogP contribution is 2.32. The second-order valence-electron chi connectivity index (χ2n) is 7.10. The predicted molar refractivity (Wildman–Crippen MR) is 111 cm³/mol. The Morgan fingerprint density at radius 3 is 2.40 bits per heavy atom. The first kappa shape index (κ1) is 22.1. The first-order valence-electron chi connectivity index (χ1n) is 9.62. The van der Waals surface area contributed by atoms with Crippen LogP contribution < -0.4 is 19.5 Å². The molecule has 0 radical (unpaired) electrons. The van der Waals surface area contributed by atoms with E-state index in [1.807, 2.05) is 25.1 Å². The lowest BCUT2D eigenvalue weighted by molar-refractivity contribution is 0.0939.